The summed E-state index contributed by atoms with van der Waals surface area (Å²) in [5, 5.41) is 12.4. The van der Waals surface area contributed by atoms with Crippen molar-refractivity contribution < 1.29 is 23.4 Å². The fraction of sp³-hybridized carbons (Fsp3) is 0.531. The summed E-state index contributed by atoms with van der Waals surface area (Å²) in [7, 11) is 0. The average molecular weight is 565 g/mol. The Hall–Kier alpha value is -3.49. The Bertz CT molecular complexity index is 1510. The molecule has 3 heterocycles. The minimum atomic E-state index is -2.59. The molecule has 3 aromatic rings. The summed E-state index contributed by atoms with van der Waals surface area (Å²) in [6.07, 6.45) is -0.312. The van der Waals surface area contributed by atoms with Gasteiger partial charge in [-0.3, -0.25) is 0 Å². The Balaban J connectivity index is 1.41. The first-order valence-electron chi connectivity index (χ1n) is 14.4. The first-order chi connectivity index (χ1) is 19.2. The summed E-state index contributed by atoms with van der Waals surface area (Å²) in [5.74, 6) is 0.424. The number of alkyl halides is 2. The molecule has 0 radical (unpaired) electrons. The topological polar surface area (TPSA) is 78.8 Å². The molecule has 3 aliphatic rings. The Morgan fingerprint density at radius 3 is 2.56 bits per heavy atom. The van der Waals surface area contributed by atoms with Gasteiger partial charge in [0, 0.05) is 36.2 Å². The number of aromatic nitrogens is 2. The quantitative estimate of drug-likeness (QED) is 0.386. The highest BCUT2D eigenvalue weighted by atomic mass is 19.3. The molecule has 2 aromatic carbocycles. The number of anilines is 1. The Kier molecular flexibility index (Phi) is 6.43. The number of halogens is 2. The van der Waals surface area contributed by atoms with Crippen LogP contribution in [0.5, 0.6) is 5.75 Å². The lowest BCUT2D eigenvalue weighted by molar-refractivity contribution is -0.0297. The predicted molar refractivity (Wildman–Crippen MR) is 154 cm³/mol. The highest BCUT2D eigenvalue weighted by Gasteiger charge is 2.56. The number of hydrogen-bond donors (Lipinski definition) is 1. The first-order valence-corrected chi connectivity index (χ1v) is 14.4. The zero-order valence-corrected chi connectivity index (χ0v) is 24.4. The lowest BCUT2D eigenvalue weighted by atomic mass is 9.75. The van der Waals surface area contributed by atoms with E-state index in [1.807, 2.05) is 45.0 Å². The van der Waals surface area contributed by atoms with E-state index in [1.54, 1.807) is 21.9 Å². The number of nitrogens with zero attached hydrogens (tertiary/aromatic N) is 4. The van der Waals surface area contributed by atoms with Crippen molar-refractivity contribution in [3.05, 3.63) is 47.7 Å². The molecule has 218 valence electrons. The van der Waals surface area contributed by atoms with Crippen LogP contribution in [0.25, 0.3) is 22.0 Å². The van der Waals surface area contributed by atoms with E-state index in [0.29, 0.717) is 37.7 Å². The van der Waals surface area contributed by atoms with Gasteiger partial charge in [-0.1, -0.05) is 38.1 Å². The number of benzene rings is 2. The van der Waals surface area contributed by atoms with Gasteiger partial charge >= 0.3 is 6.09 Å². The van der Waals surface area contributed by atoms with Crippen LogP contribution < -0.4 is 4.90 Å². The highest BCUT2D eigenvalue weighted by molar-refractivity contribution is 5.98. The molecule has 1 aromatic heterocycles. The summed E-state index contributed by atoms with van der Waals surface area (Å²) in [6, 6.07) is 10.2. The van der Waals surface area contributed by atoms with Gasteiger partial charge in [-0.05, 0) is 74.8 Å². The molecule has 1 spiro atoms. The first kappa shape index (κ1) is 27.7. The molecular formula is C32H38F2N4O3. The number of hydrogen-bond acceptors (Lipinski definition) is 6. The molecule has 2 fully saturated rings. The molecule has 0 bridgehead atoms. The number of fused-ring (bicyclic) bond motifs is 2. The molecule has 9 heteroatoms. The van der Waals surface area contributed by atoms with Crippen LogP contribution >= 0.6 is 0 Å². The van der Waals surface area contributed by atoms with Crippen molar-refractivity contribution in [2.24, 2.45) is 10.8 Å². The number of aromatic hydroxyl groups is 1. The van der Waals surface area contributed by atoms with E-state index in [-0.39, 0.29) is 17.6 Å². The fourth-order valence-electron chi connectivity index (χ4n) is 6.76. The normalized spacial score (nSPS) is 21.3. The van der Waals surface area contributed by atoms with E-state index >= 15 is 0 Å². The minimum Gasteiger partial charge on any atom is -0.508 e. The second-order valence-corrected chi connectivity index (χ2v) is 13.9. The number of amides is 1. The monoisotopic (exact) mass is 564 g/mol. The van der Waals surface area contributed by atoms with Crippen LogP contribution in [0.15, 0.2) is 36.4 Å². The third kappa shape index (κ3) is 5.19. The van der Waals surface area contributed by atoms with E-state index in [1.165, 1.54) is 0 Å². The summed E-state index contributed by atoms with van der Waals surface area (Å²) >= 11 is 0. The maximum Gasteiger partial charge on any atom is 0.410 e. The third-order valence-corrected chi connectivity index (χ3v) is 8.68. The van der Waals surface area contributed by atoms with Gasteiger partial charge in [0.05, 0.1) is 17.4 Å². The molecule has 1 amide bonds. The van der Waals surface area contributed by atoms with Gasteiger partial charge in [-0.25, -0.2) is 23.5 Å². The number of carbonyl (C=O) groups is 1. The fourth-order valence-corrected chi connectivity index (χ4v) is 6.76. The molecule has 1 aliphatic carbocycles. The van der Waals surface area contributed by atoms with Crippen molar-refractivity contribution in [2.45, 2.75) is 78.4 Å². The second-order valence-electron chi connectivity index (χ2n) is 13.9. The number of phenols is 1. The van der Waals surface area contributed by atoms with Gasteiger partial charge < -0.3 is 19.6 Å². The van der Waals surface area contributed by atoms with Crippen LogP contribution in [0.2, 0.25) is 0 Å². The molecule has 6 rings (SSSR count). The Labute approximate surface area is 239 Å². The molecule has 2 aliphatic heterocycles. The zero-order valence-electron chi connectivity index (χ0n) is 24.4. The van der Waals surface area contributed by atoms with Crippen LogP contribution in [-0.2, 0) is 17.6 Å². The minimum absolute atomic E-state index is 0.0209. The SMILES string of the molecule is CC1(C)CCc2c(nc(N3CC4(C[C@H]3C(F)F)CN(C(=O)OC(C)(C)C)C4)nc2-c2cc(O)cc3ccccc23)C1. The van der Waals surface area contributed by atoms with Crippen LogP contribution in [-0.4, -0.2) is 63.8 Å². The molecular weight excluding hydrogens is 526 g/mol. The van der Waals surface area contributed by atoms with E-state index in [9.17, 15) is 18.7 Å². The van der Waals surface area contributed by atoms with Crippen molar-refractivity contribution >= 4 is 22.8 Å². The smallest absolute Gasteiger partial charge is 0.410 e. The van der Waals surface area contributed by atoms with Gasteiger partial charge in [0.25, 0.3) is 6.43 Å². The summed E-state index contributed by atoms with van der Waals surface area (Å²) < 4.78 is 34.6. The van der Waals surface area contributed by atoms with E-state index in [0.717, 1.165) is 40.4 Å². The van der Waals surface area contributed by atoms with Gasteiger partial charge in [0.1, 0.15) is 11.4 Å². The molecule has 0 unspecified atom stereocenters. The average Bonchev–Trinajstić information content (AvgIpc) is 3.27. The molecule has 1 atom stereocenters. The molecule has 2 saturated heterocycles. The number of carbonyl (C=O) groups excluding carboxylic acids is 1. The molecule has 7 nitrogen and oxygen atoms in total. The van der Waals surface area contributed by atoms with Gasteiger partial charge in [-0.2, -0.15) is 0 Å². The summed E-state index contributed by atoms with van der Waals surface area (Å²) in [6.45, 7) is 10.9. The van der Waals surface area contributed by atoms with Crippen LogP contribution in [0.1, 0.15) is 58.7 Å². The van der Waals surface area contributed by atoms with Crippen LogP contribution in [0.3, 0.4) is 0 Å². The van der Waals surface area contributed by atoms with Gasteiger partial charge in [-0.15, -0.1) is 0 Å². The second kappa shape index (κ2) is 9.53. The summed E-state index contributed by atoms with van der Waals surface area (Å²) in [4.78, 5) is 25.8. The van der Waals surface area contributed by atoms with Crippen molar-refractivity contribution in [1.82, 2.24) is 14.9 Å². The number of ether oxygens (including phenoxy) is 1. The van der Waals surface area contributed by atoms with Crippen molar-refractivity contribution in [2.75, 3.05) is 24.5 Å². The third-order valence-electron chi connectivity index (χ3n) is 8.68. The van der Waals surface area contributed by atoms with Crippen LogP contribution in [0, 0.1) is 10.8 Å². The lowest BCUT2D eigenvalue weighted by Crippen LogP contribution is -2.60. The maximum absolute atomic E-state index is 14.6. The summed E-state index contributed by atoms with van der Waals surface area (Å²) in [5.41, 5.74) is 2.32. The largest absolute Gasteiger partial charge is 0.508 e. The Morgan fingerprint density at radius 1 is 1.12 bits per heavy atom. The lowest BCUT2D eigenvalue weighted by Gasteiger charge is -2.47. The standard InChI is InChI=1S/C32H38F2N4O3/c1-30(2,3)41-29(40)37-16-32(17-37)15-25(27(33)34)38(18-32)28-35-24-14-31(4,5)11-10-22(24)26(36-28)23-13-20(39)12-19-8-6-7-9-21(19)23/h6-9,12-13,25,27,39H,10-11,14-18H2,1-5H3/t25-/m0/s1. The van der Waals surface area contributed by atoms with E-state index in [2.05, 4.69) is 13.8 Å². The molecule has 1 N–H and O–H groups in total. The van der Waals surface area contributed by atoms with Gasteiger partial charge in [0.15, 0.2) is 0 Å². The molecule has 41 heavy (non-hydrogen) atoms. The zero-order chi connectivity index (χ0) is 29.3. The molecule has 0 saturated carbocycles. The number of likely N-dealkylation sites (tertiary alicyclic amines) is 1. The van der Waals surface area contributed by atoms with Gasteiger partial charge in [0.2, 0.25) is 5.95 Å². The van der Waals surface area contributed by atoms with Crippen molar-refractivity contribution in [3.63, 3.8) is 0 Å². The Morgan fingerprint density at radius 2 is 1.85 bits per heavy atom. The number of phenolic OH excluding ortho intramolecular Hbond substituents is 1. The predicted octanol–water partition coefficient (Wildman–Crippen LogP) is 6.60. The van der Waals surface area contributed by atoms with E-state index in [4.69, 9.17) is 14.7 Å². The number of rotatable bonds is 3. The van der Waals surface area contributed by atoms with Crippen molar-refractivity contribution in [3.8, 4) is 17.0 Å². The van der Waals surface area contributed by atoms with Crippen LogP contribution in [0.4, 0.5) is 19.5 Å². The highest BCUT2D eigenvalue weighted by Crippen LogP contribution is 2.47. The maximum atomic E-state index is 14.6. The van der Waals surface area contributed by atoms with Crippen molar-refractivity contribution in [1.29, 1.82) is 0 Å². The van der Waals surface area contributed by atoms with E-state index < -0.39 is 29.6 Å².